The Balaban J connectivity index is 2.81. The van der Waals surface area contributed by atoms with Gasteiger partial charge in [-0.3, -0.25) is 0 Å². The fourth-order valence-corrected chi connectivity index (χ4v) is 1.23. The summed E-state index contributed by atoms with van der Waals surface area (Å²) in [5, 5.41) is 9.42. The maximum absolute atomic E-state index is 12.9. The minimum Gasteiger partial charge on any atom is -0.493 e. The summed E-state index contributed by atoms with van der Waals surface area (Å²) in [4.78, 5) is 0. The largest absolute Gasteiger partial charge is 0.493 e. The van der Waals surface area contributed by atoms with Crippen molar-refractivity contribution in [3.8, 4) is 5.75 Å². The molecule has 3 heteroatoms. The van der Waals surface area contributed by atoms with Gasteiger partial charge in [-0.05, 0) is 31.5 Å². The molecule has 1 N–H and O–H groups in total. The third-order valence-electron chi connectivity index (χ3n) is 2.00. The summed E-state index contributed by atoms with van der Waals surface area (Å²) in [5.74, 6) is 0.148. The highest BCUT2D eigenvalue weighted by atomic mass is 19.1. The molecule has 0 aromatic heterocycles. The van der Waals surface area contributed by atoms with Crippen LogP contribution in [-0.4, -0.2) is 11.7 Å². The average molecular weight is 210 g/mol. The van der Waals surface area contributed by atoms with E-state index in [0.717, 1.165) is 6.42 Å². The molecule has 0 amide bonds. The van der Waals surface area contributed by atoms with Gasteiger partial charge in [0.15, 0.2) is 0 Å². The lowest BCUT2D eigenvalue weighted by Gasteiger charge is -2.12. The minimum atomic E-state index is -0.737. The van der Waals surface area contributed by atoms with E-state index in [-0.39, 0.29) is 5.82 Å². The topological polar surface area (TPSA) is 29.5 Å². The van der Waals surface area contributed by atoms with E-state index in [1.165, 1.54) is 18.2 Å². The molecule has 0 aliphatic rings. The number of hydrogen-bond acceptors (Lipinski definition) is 2. The van der Waals surface area contributed by atoms with Gasteiger partial charge in [0.25, 0.3) is 0 Å². The number of halogens is 1. The molecule has 1 aromatic carbocycles. The van der Waals surface area contributed by atoms with Crippen LogP contribution < -0.4 is 4.74 Å². The lowest BCUT2D eigenvalue weighted by Crippen LogP contribution is -2.02. The smallest absolute Gasteiger partial charge is 0.125 e. The number of ether oxygens (including phenoxy) is 1. The maximum atomic E-state index is 12.9. The molecule has 82 valence electrons. The van der Waals surface area contributed by atoms with Crippen molar-refractivity contribution in [3.63, 3.8) is 0 Å². The molecule has 0 aliphatic carbocycles. The molecule has 1 aromatic rings. The van der Waals surface area contributed by atoms with Crippen molar-refractivity contribution in [1.29, 1.82) is 0 Å². The molecule has 0 saturated heterocycles. The van der Waals surface area contributed by atoms with Crippen molar-refractivity contribution >= 4 is 0 Å². The van der Waals surface area contributed by atoms with E-state index < -0.39 is 6.10 Å². The standard InChI is InChI=1S/C12H15FO2/c1-3-4-7-15-12-6-5-10(13)8-11(12)9(2)14/h3,5-6,8-9,14H,1,4,7H2,2H3/t9-/m1/s1. The Morgan fingerprint density at radius 1 is 1.60 bits per heavy atom. The number of rotatable bonds is 5. The number of benzene rings is 1. The molecule has 0 radical (unpaired) electrons. The lowest BCUT2D eigenvalue weighted by molar-refractivity contribution is 0.191. The predicted octanol–water partition coefficient (Wildman–Crippen LogP) is 2.83. The van der Waals surface area contributed by atoms with Crippen LogP contribution in [0.15, 0.2) is 30.9 Å². The highest BCUT2D eigenvalue weighted by Crippen LogP contribution is 2.25. The second-order valence-electron chi connectivity index (χ2n) is 3.28. The molecule has 15 heavy (non-hydrogen) atoms. The molecular weight excluding hydrogens is 195 g/mol. The predicted molar refractivity (Wildman–Crippen MR) is 57.3 cm³/mol. The highest BCUT2D eigenvalue weighted by Gasteiger charge is 2.09. The fourth-order valence-electron chi connectivity index (χ4n) is 1.23. The molecule has 0 heterocycles. The van der Waals surface area contributed by atoms with E-state index >= 15 is 0 Å². The normalized spacial score (nSPS) is 12.2. The third-order valence-corrected chi connectivity index (χ3v) is 2.00. The van der Waals surface area contributed by atoms with Crippen LogP contribution in [0.1, 0.15) is 25.0 Å². The van der Waals surface area contributed by atoms with Gasteiger partial charge in [-0.1, -0.05) is 6.08 Å². The van der Waals surface area contributed by atoms with E-state index in [9.17, 15) is 9.50 Å². The summed E-state index contributed by atoms with van der Waals surface area (Å²) in [7, 11) is 0. The van der Waals surface area contributed by atoms with Crippen LogP contribution in [-0.2, 0) is 0 Å². The van der Waals surface area contributed by atoms with Gasteiger partial charge in [0.05, 0.1) is 12.7 Å². The van der Waals surface area contributed by atoms with Gasteiger partial charge in [-0.15, -0.1) is 6.58 Å². The van der Waals surface area contributed by atoms with Gasteiger partial charge in [-0.25, -0.2) is 4.39 Å². The van der Waals surface area contributed by atoms with E-state index in [1.54, 1.807) is 13.0 Å². The second-order valence-corrected chi connectivity index (χ2v) is 3.28. The van der Waals surface area contributed by atoms with Crippen molar-refractivity contribution in [1.82, 2.24) is 0 Å². The number of hydrogen-bond donors (Lipinski definition) is 1. The van der Waals surface area contributed by atoms with Gasteiger partial charge in [0.2, 0.25) is 0 Å². The summed E-state index contributed by atoms with van der Waals surface area (Å²) >= 11 is 0. The van der Waals surface area contributed by atoms with Gasteiger partial charge in [-0.2, -0.15) is 0 Å². The molecule has 0 spiro atoms. The average Bonchev–Trinajstić information content (AvgIpc) is 2.20. The van der Waals surface area contributed by atoms with Crippen LogP contribution in [0.5, 0.6) is 5.75 Å². The van der Waals surface area contributed by atoms with E-state index in [4.69, 9.17) is 4.74 Å². The van der Waals surface area contributed by atoms with Crippen molar-refractivity contribution in [2.45, 2.75) is 19.4 Å². The molecule has 0 fully saturated rings. The first-order chi connectivity index (χ1) is 7.15. The van der Waals surface area contributed by atoms with Crippen molar-refractivity contribution in [2.75, 3.05) is 6.61 Å². The summed E-state index contributed by atoms with van der Waals surface area (Å²) < 4.78 is 18.3. The summed E-state index contributed by atoms with van der Waals surface area (Å²) in [6.07, 6.45) is 1.72. The number of aliphatic hydroxyl groups excluding tert-OH is 1. The number of aliphatic hydroxyl groups is 1. The van der Waals surface area contributed by atoms with E-state index in [1.807, 2.05) is 0 Å². The molecule has 1 rings (SSSR count). The third kappa shape index (κ3) is 3.36. The fraction of sp³-hybridized carbons (Fsp3) is 0.333. The highest BCUT2D eigenvalue weighted by molar-refractivity contribution is 5.35. The first-order valence-corrected chi connectivity index (χ1v) is 4.86. The monoisotopic (exact) mass is 210 g/mol. The zero-order chi connectivity index (χ0) is 11.3. The first-order valence-electron chi connectivity index (χ1n) is 4.86. The van der Waals surface area contributed by atoms with Crippen molar-refractivity contribution in [2.24, 2.45) is 0 Å². The van der Waals surface area contributed by atoms with E-state index in [2.05, 4.69) is 6.58 Å². The van der Waals surface area contributed by atoms with Gasteiger partial charge < -0.3 is 9.84 Å². The molecule has 1 atom stereocenters. The van der Waals surface area contributed by atoms with Crippen LogP contribution in [0.3, 0.4) is 0 Å². The van der Waals surface area contributed by atoms with E-state index in [0.29, 0.717) is 17.9 Å². The SMILES string of the molecule is C=CCCOc1ccc(F)cc1[C@@H](C)O. The Hall–Kier alpha value is -1.35. The Labute approximate surface area is 89.0 Å². The Morgan fingerprint density at radius 2 is 2.33 bits per heavy atom. The quantitative estimate of drug-likeness (QED) is 0.598. The summed E-state index contributed by atoms with van der Waals surface area (Å²) in [6.45, 7) is 5.63. The molecule has 0 bridgehead atoms. The molecule has 2 nitrogen and oxygen atoms in total. The van der Waals surface area contributed by atoms with Crippen LogP contribution in [0.2, 0.25) is 0 Å². The molecule has 0 unspecified atom stereocenters. The Bertz CT molecular complexity index is 334. The second kappa shape index (κ2) is 5.51. The van der Waals surface area contributed by atoms with Gasteiger partial charge >= 0.3 is 0 Å². The maximum Gasteiger partial charge on any atom is 0.125 e. The van der Waals surface area contributed by atoms with Crippen LogP contribution >= 0.6 is 0 Å². The van der Waals surface area contributed by atoms with Crippen LogP contribution in [0.4, 0.5) is 4.39 Å². The summed E-state index contributed by atoms with van der Waals surface area (Å²) in [6, 6.07) is 4.13. The first kappa shape index (κ1) is 11.7. The summed E-state index contributed by atoms with van der Waals surface area (Å²) in [5.41, 5.74) is 0.471. The Kier molecular flexibility index (Phi) is 4.31. The van der Waals surface area contributed by atoms with Crippen molar-refractivity contribution in [3.05, 3.63) is 42.2 Å². The molecule has 0 saturated carbocycles. The van der Waals surface area contributed by atoms with Gasteiger partial charge in [0.1, 0.15) is 11.6 Å². The zero-order valence-electron chi connectivity index (χ0n) is 8.74. The lowest BCUT2D eigenvalue weighted by atomic mass is 10.1. The van der Waals surface area contributed by atoms with Crippen LogP contribution in [0, 0.1) is 5.82 Å². The van der Waals surface area contributed by atoms with Crippen LogP contribution in [0.25, 0.3) is 0 Å². The van der Waals surface area contributed by atoms with Gasteiger partial charge in [0, 0.05) is 5.56 Å². The van der Waals surface area contributed by atoms with Crippen molar-refractivity contribution < 1.29 is 14.2 Å². The zero-order valence-corrected chi connectivity index (χ0v) is 8.74. The molecular formula is C12H15FO2. The molecule has 0 aliphatic heterocycles. The Morgan fingerprint density at radius 3 is 2.93 bits per heavy atom. The minimum absolute atomic E-state index is 0.373.